The van der Waals surface area contributed by atoms with E-state index in [-0.39, 0.29) is 17.8 Å². The van der Waals surface area contributed by atoms with Crippen molar-refractivity contribution in [3.8, 4) is 0 Å². The molecule has 1 fully saturated rings. The number of hydrogen-bond donors (Lipinski definition) is 4. The normalized spacial score (nSPS) is 27.8. The van der Waals surface area contributed by atoms with Crippen LogP contribution in [-0.2, 0) is 9.53 Å². The molecule has 11 nitrogen and oxygen atoms in total. The average Bonchev–Trinajstić information content (AvgIpc) is 2.65. The van der Waals surface area contributed by atoms with Gasteiger partial charge in [-0.2, -0.15) is 4.57 Å². The smallest absolute Gasteiger partial charge is 0.335 e. The minimum absolute atomic E-state index is 0.150. The number of aliphatic hydroxyl groups excluding tert-OH is 3. The molecule has 27 heavy (non-hydrogen) atoms. The lowest BCUT2D eigenvalue weighted by Crippen LogP contribution is -2.63. The van der Waals surface area contributed by atoms with E-state index in [0.29, 0.717) is 13.0 Å². The summed E-state index contributed by atoms with van der Waals surface area (Å²) in [5.74, 6) is -1.72. The maximum absolute atomic E-state index is 12.3. The number of nitroso groups, excluding NO2 is 1. The second kappa shape index (κ2) is 8.95. The molecular weight excluding hydrogens is 362 g/mol. The van der Waals surface area contributed by atoms with Gasteiger partial charge in [0.05, 0.1) is 10.8 Å². The molecule has 4 N–H and O–H groups in total. The molecule has 2 rings (SSSR count). The van der Waals surface area contributed by atoms with Crippen LogP contribution in [0.2, 0.25) is 0 Å². The van der Waals surface area contributed by atoms with Crippen LogP contribution < -0.4 is 4.57 Å². The minimum Gasteiger partial charge on any atom is -0.479 e. The molecule has 0 aromatic carbocycles. The Kier molecular flexibility index (Phi) is 6.91. The highest BCUT2D eigenvalue weighted by Crippen LogP contribution is 2.25. The van der Waals surface area contributed by atoms with Crippen LogP contribution in [0.25, 0.3) is 0 Å². The zero-order valence-electron chi connectivity index (χ0n) is 14.6. The molecule has 0 spiro atoms. The highest BCUT2D eigenvalue weighted by Gasteiger charge is 2.51. The quantitative estimate of drug-likeness (QED) is 0.183. The Hall–Kier alpha value is -2.47. The Balaban J connectivity index is 2.14. The molecule has 0 amide bonds. The number of aliphatic hydroxyl groups is 3. The number of aromatic nitrogens is 1. The Bertz CT molecular complexity index is 700. The molecule has 0 unspecified atom stereocenters. The van der Waals surface area contributed by atoms with Gasteiger partial charge < -0.3 is 25.2 Å². The third-order valence-corrected chi connectivity index (χ3v) is 4.29. The molecule has 148 valence electrons. The van der Waals surface area contributed by atoms with Crippen molar-refractivity contribution in [1.82, 2.24) is 5.01 Å². The maximum Gasteiger partial charge on any atom is 0.335 e. The lowest BCUT2D eigenvalue weighted by atomic mass is 9.97. The number of carbonyl (C=O) groups is 2. The number of rotatable bonds is 8. The Morgan fingerprint density at radius 2 is 1.96 bits per heavy atom. The van der Waals surface area contributed by atoms with Gasteiger partial charge in [0.2, 0.25) is 0 Å². The van der Waals surface area contributed by atoms with E-state index in [4.69, 9.17) is 9.84 Å². The Morgan fingerprint density at radius 1 is 1.26 bits per heavy atom. The van der Waals surface area contributed by atoms with Crippen molar-refractivity contribution in [2.24, 2.45) is 5.29 Å². The highest BCUT2D eigenvalue weighted by atomic mass is 16.6. The van der Waals surface area contributed by atoms with Crippen molar-refractivity contribution in [3.05, 3.63) is 35.0 Å². The number of ketones is 1. The monoisotopic (exact) mass is 384 g/mol. The molecule has 0 saturated carbocycles. The van der Waals surface area contributed by atoms with Crippen molar-refractivity contribution >= 4 is 11.8 Å². The zero-order chi connectivity index (χ0) is 20.1. The zero-order valence-corrected chi connectivity index (χ0v) is 14.6. The van der Waals surface area contributed by atoms with Gasteiger partial charge in [-0.05, 0) is 12.5 Å². The van der Waals surface area contributed by atoms with Crippen LogP contribution in [0.4, 0.5) is 0 Å². The minimum atomic E-state index is -1.79. The van der Waals surface area contributed by atoms with Gasteiger partial charge in [-0.25, -0.2) is 4.79 Å². The number of carbonyl (C=O) groups excluding carboxylic acids is 1. The summed E-state index contributed by atoms with van der Waals surface area (Å²) in [5, 5.41) is 42.8. The van der Waals surface area contributed by atoms with E-state index in [1.54, 1.807) is 0 Å². The van der Waals surface area contributed by atoms with Gasteiger partial charge >= 0.3 is 5.97 Å². The summed E-state index contributed by atoms with van der Waals surface area (Å²) in [7, 11) is 1.49. The molecule has 1 aromatic rings. The SMILES string of the molecule is CN(CCCC(=O)c1ccc[n+]([C@@H]2O[C@@H](C(=O)O)[C@@H](O)[C@@H](O)[C@@H]2O)c1)N=O. The largest absolute Gasteiger partial charge is 0.479 e. The molecule has 11 heteroatoms. The van der Waals surface area contributed by atoms with E-state index >= 15 is 0 Å². The number of nitrogens with zero attached hydrogens (tertiary/aromatic N) is 3. The van der Waals surface area contributed by atoms with Crippen LogP contribution in [0.3, 0.4) is 0 Å². The van der Waals surface area contributed by atoms with Gasteiger partial charge in [-0.1, -0.05) is 0 Å². The van der Waals surface area contributed by atoms with Crippen LogP contribution in [0.15, 0.2) is 29.8 Å². The third-order valence-electron chi connectivity index (χ3n) is 4.29. The van der Waals surface area contributed by atoms with Crippen LogP contribution in [0.5, 0.6) is 0 Å². The molecule has 5 atom stereocenters. The fraction of sp³-hybridized carbons (Fsp3) is 0.562. The van der Waals surface area contributed by atoms with Crippen molar-refractivity contribution in [2.75, 3.05) is 13.6 Å². The first kappa shape index (κ1) is 20.8. The lowest BCUT2D eigenvalue weighted by Gasteiger charge is -2.35. The summed E-state index contributed by atoms with van der Waals surface area (Å²) in [5.41, 5.74) is 0.280. The predicted octanol–water partition coefficient (Wildman–Crippen LogP) is -1.39. The first-order chi connectivity index (χ1) is 12.8. The number of aliphatic carboxylic acids is 1. The van der Waals surface area contributed by atoms with Gasteiger partial charge in [-0.15, -0.1) is 4.91 Å². The lowest BCUT2D eigenvalue weighted by molar-refractivity contribution is -0.777. The van der Waals surface area contributed by atoms with E-state index in [2.05, 4.69) is 5.29 Å². The standard InChI is InChI=1S/C16H21N3O8/c1-18(17-26)6-3-5-10(20)9-4-2-7-19(8-9)15-13(23)11(21)12(22)14(27-15)16(24)25/h2,4,7-8,11-15,21-23H,3,5-6H2,1H3/p+1/t11-,12+,13+,14-,15-/m1/s1. The van der Waals surface area contributed by atoms with Gasteiger partial charge in [-0.3, -0.25) is 9.80 Å². The van der Waals surface area contributed by atoms with Gasteiger partial charge in [0.1, 0.15) is 12.2 Å². The summed E-state index contributed by atoms with van der Waals surface area (Å²) in [6, 6.07) is 3.05. The van der Waals surface area contributed by atoms with E-state index in [9.17, 15) is 29.8 Å². The Morgan fingerprint density at radius 3 is 2.59 bits per heavy atom. The summed E-state index contributed by atoms with van der Waals surface area (Å²) < 4.78 is 6.49. The number of Topliss-reactive ketones (excluding diaryl/α,β-unsaturated/α-hetero) is 1. The van der Waals surface area contributed by atoms with Crippen molar-refractivity contribution in [3.63, 3.8) is 0 Å². The summed E-state index contributed by atoms with van der Waals surface area (Å²) in [6.07, 6.45) is -4.79. The fourth-order valence-corrected chi connectivity index (χ4v) is 2.78. The third kappa shape index (κ3) is 4.83. The van der Waals surface area contributed by atoms with Crippen molar-refractivity contribution in [1.29, 1.82) is 0 Å². The molecular formula is C16H22N3O8+. The van der Waals surface area contributed by atoms with Crippen LogP contribution in [0.1, 0.15) is 29.4 Å². The van der Waals surface area contributed by atoms with Gasteiger partial charge in [0.25, 0.3) is 6.23 Å². The van der Waals surface area contributed by atoms with Gasteiger partial charge in [0.15, 0.2) is 30.4 Å². The van der Waals surface area contributed by atoms with Crippen molar-refractivity contribution in [2.45, 2.75) is 43.5 Å². The number of carboxylic acids is 1. The van der Waals surface area contributed by atoms with E-state index in [1.807, 2.05) is 0 Å². The summed E-state index contributed by atoms with van der Waals surface area (Å²) >= 11 is 0. The second-order valence-corrected chi connectivity index (χ2v) is 6.29. The maximum atomic E-state index is 12.3. The number of hydrogen-bond acceptors (Lipinski definition) is 8. The van der Waals surface area contributed by atoms with E-state index < -0.39 is 36.6 Å². The van der Waals surface area contributed by atoms with Crippen LogP contribution in [0, 0.1) is 4.91 Å². The summed E-state index contributed by atoms with van der Waals surface area (Å²) in [4.78, 5) is 33.8. The molecule has 1 saturated heterocycles. The van der Waals surface area contributed by atoms with Crippen molar-refractivity contribution < 1.29 is 39.3 Å². The molecule has 0 aliphatic carbocycles. The first-order valence-electron chi connectivity index (χ1n) is 8.27. The molecule has 1 aliphatic rings. The van der Waals surface area contributed by atoms with Crippen LogP contribution in [-0.4, -0.2) is 75.2 Å². The number of pyridine rings is 1. The molecule has 2 heterocycles. The molecule has 0 radical (unpaired) electrons. The molecule has 1 aromatic heterocycles. The van der Waals surface area contributed by atoms with E-state index in [0.717, 1.165) is 0 Å². The molecule has 0 bridgehead atoms. The highest BCUT2D eigenvalue weighted by molar-refractivity contribution is 5.95. The second-order valence-electron chi connectivity index (χ2n) is 6.29. The van der Waals surface area contributed by atoms with Gasteiger partial charge in [0, 0.05) is 26.1 Å². The number of carboxylic acid groups (broad SMARTS) is 1. The first-order valence-corrected chi connectivity index (χ1v) is 8.27. The molecule has 1 aliphatic heterocycles. The van der Waals surface area contributed by atoms with Crippen LogP contribution >= 0.6 is 0 Å². The average molecular weight is 384 g/mol. The predicted molar refractivity (Wildman–Crippen MR) is 88.2 cm³/mol. The van der Waals surface area contributed by atoms with E-state index in [1.165, 1.54) is 41.2 Å². The summed E-state index contributed by atoms with van der Waals surface area (Å²) in [6.45, 7) is 0.316. The fourth-order valence-electron chi connectivity index (χ4n) is 2.78. The Labute approximate surface area is 154 Å². The topological polar surface area (TPSA) is 161 Å². The number of ether oxygens (including phenoxy) is 1.